The van der Waals surface area contributed by atoms with Crippen LogP contribution in [0.5, 0.6) is 0 Å². The fourth-order valence-electron chi connectivity index (χ4n) is 11.4. The van der Waals surface area contributed by atoms with Crippen molar-refractivity contribution in [1.29, 1.82) is 0 Å². The molecular weight excluding hydrogens is 851 g/mol. The average Bonchev–Trinajstić information content (AvgIpc) is 3.95. The molecule has 5 fully saturated rings. The minimum absolute atomic E-state index is 0.0640. The van der Waals surface area contributed by atoms with Crippen LogP contribution in [0.4, 0.5) is 5.69 Å². The van der Waals surface area contributed by atoms with Crippen LogP contribution in [0.2, 0.25) is 0 Å². The molecule has 14 nitrogen and oxygen atoms in total. The van der Waals surface area contributed by atoms with E-state index in [1.54, 1.807) is 95.9 Å². The highest BCUT2D eigenvalue weighted by Gasteiger charge is 2.49. The number of nitrogens with one attached hydrogen (secondary N) is 3. The van der Waals surface area contributed by atoms with E-state index in [2.05, 4.69) is 33.1 Å². The molecule has 14 heteroatoms. The van der Waals surface area contributed by atoms with Gasteiger partial charge in [0.05, 0.1) is 64.0 Å². The summed E-state index contributed by atoms with van der Waals surface area (Å²) in [6, 6.07) is 14.1. The maximum Gasteiger partial charge on any atom is 0.264 e. The molecule has 366 valence electrons. The Hall–Kier alpha value is -4.76. The van der Waals surface area contributed by atoms with E-state index < -0.39 is 29.7 Å². The summed E-state index contributed by atoms with van der Waals surface area (Å²) in [4.78, 5) is 65.6. The van der Waals surface area contributed by atoms with Gasteiger partial charge in [-0.05, 0) is 109 Å². The molecule has 7 unspecified atom stereocenters. The predicted molar refractivity (Wildman–Crippen MR) is 258 cm³/mol. The second-order valence-corrected chi connectivity index (χ2v) is 18.2. The van der Waals surface area contributed by atoms with Crippen molar-refractivity contribution in [2.75, 3.05) is 71.8 Å². The van der Waals surface area contributed by atoms with Crippen molar-refractivity contribution in [3.05, 3.63) is 72.1 Å². The van der Waals surface area contributed by atoms with Crippen molar-refractivity contribution >= 4 is 46.0 Å². The Morgan fingerprint density at radius 3 is 1.93 bits per heavy atom. The highest BCUT2D eigenvalue weighted by Crippen LogP contribution is 2.57. The fraction of sp³-hybridized carbons (Fsp3) is 0.623. The SMILES string of the molecule is C1CCC2C(C1)CCC1C3CCCC3CCC21.CC.CNC(=O)CCOCCOCCOCCOCCNc1cccc2c1C(=O)N(C1CCC(=O)NC1=O)C2=O.c1ccc2cnccc2c1. The lowest BCUT2D eigenvalue weighted by Crippen LogP contribution is -2.54. The summed E-state index contributed by atoms with van der Waals surface area (Å²) in [6.07, 6.45) is 21.7. The van der Waals surface area contributed by atoms with E-state index in [1.165, 1.54) is 34.4 Å². The molecule has 3 aromatic rings. The number of ether oxygens (including phenoxy) is 4. The van der Waals surface area contributed by atoms with Gasteiger partial charge in [-0.3, -0.25) is 39.2 Å². The number of carbonyl (C=O) groups excluding carboxylic acids is 5. The molecule has 2 aliphatic heterocycles. The highest BCUT2D eigenvalue weighted by atomic mass is 16.6. The second kappa shape index (κ2) is 27.3. The van der Waals surface area contributed by atoms with Gasteiger partial charge < -0.3 is 29.6 Å². The van der Waals surface area contributed by atoms with Crippen LogP contribution in [0.1, 0.15) is 124 Å². The largest absolute Gasteiger partial charge is 0.382 e. The van der Waals surface area contributed by atoms with Crippen molar-refractivity contribution in [3.63, 3.8) is 0 Å². The Labute approximate surface area is 397 Å². The molecule has 3 N–H and O–H groups in total. The summed E-state index contributed by atoms with van der Waals surface area (Å²) in [7, 11) is 1.58. The topological polar surface area (TPSA) is 174 Å². The van der Waals surface area contributed by atoms with Crippen LogP contribution in [0.25, 0.3) is 10.8 Å². The molecule has 0 radical (unpaired) electrons. The van der Waals surface area contributed by atoms with E-state index in [-0.39, 0.29) is 29.9 Å². The molecule has 5 amide bonds. The molecule has 4 aliphatic carbocycles. The van der Waals surface area contributed by atoms with Gasteiger partial charge in [0.25, 0.3) is 11.8 Å². The molecule has 1 aromatic heterocycles. The van der Waals surface area contributed by atoms with E-state index in [4.69, 9.17) is 18.9 Å². The summed E-state index contributed by atoms with van der Waals surface area (Å²) in [6.45, 7) is 7.51. The summed E-state index contributed by atoms with van der Waals surface area (Å²) in [5.74, 6) is 4.79. The zero-order valence-electron chi connectivity index (χ0n) is 40.1. The lowest BCUT2D eigenvalue weighted by molar-refractivity contribution is -0.136. The van der Waals surface area contributed by atoms with Crippen LogP contribution in [-0.2, 0) is 33.3 Å². The smallest absolute Gasteiger partial charge is 0.264 e. The lowest BCUT2D eigenvalue weighted by Gasteiger charge is -2.51. The average molecular weight is 926 g/mol. The molecule has 9 rings (SSSR count). The molecule has 4 saturated carbocycles. The standard InChI is InChI=1S/C25H34N4O9.C17H28.C9H7N.C2H6/c1-26-20(30)7-9-35-11-13-37-15-16-38-14-12-36-10-8-27-18-4-2-3-17-22(18)25(34)29(24(17)33)19-5-6-21(31)28-23(19)32;1-2-6-14-12(4-1)8-10-17-15-7-3-5-13(15)9-11-16(14)17;1-2-4-9-7-10-6-5-8(9)3-1;1-2/h2-4,19,27H,5-16H2,1H3,(H,26,30)(H,28,31,32);12-17H,1-11H2;1-7H;1-2H3. The summed E-state index contributed by atoms with van der Waals surface area (Å²) in [5.41, 5.74) is 0.907. The van der Waals surface area contributed by atoms with Crippen molar-refractivity contribution in [1.82, 2.24) is 20.5 Å². The summed E-state index contributed by atoms with van der Waals surface area (Å²) < 4.78 is 21.6. The number of piperidine rings is 1. The Balaban J connectivity index is 0.000000204. The molecule has 7 atom stereocenters. The van der Waals surface area contributed by atoms with Crippen LogP contribution in [0, 0.1) is 35.5 Å². The predicted octanol–water partition coefficient (Wildman–Crippen LogP) is 7.99. The summed E-state index contributed by atoms with van der Waals surface area (Å²) >= 11 is 0. The fourth-order valence-corrected chi connectivity index (χ4v) is 11.4. The molecule has 0 bridgehead atoms. The normalized spacial score (nSPS) is 24.8. The third-order valence-corrected chi connectivity index (χ3v) is 14.5. The van der Waals surface area contributed by atoms with E-state index in [0.29, 0.717) is 71.5 Å². The van der Waals surface area contributed by atoms with Gasteiger partial charge in [-0.1, -0.05) is 76.3 Å². The van der Waals surface area contributed by atoms with Crippen molar-refractivity contribution < 1.29 is 42.9 Å². The number of aromatic nitrogens is 1. The Bertz CT molecular complexity index is 2000. The monoisotopic (exact) mass is 926 g/mol. The zero-order chi connectivity index (χ0) is 47.4. The molecule has 1 saturated heterocycles. The van der Waals surface area contributed by atoms with Crippen LogP contribution >= 0.6 is 0 Å². The number of pyridine rings is 1. The number of benzene rings is 2. The second-order valence-electron chi connectivity index (χ2n) is 18.2. The van der Waals surface area contributed by atoms with Gasteiger partial charge in [-0.15, -0.1) is 0 Å². The van der Waals surface area contributed by atoms with Crippen LogP contribution in [0.3, 0.4) is 0 Å². The van der Waals surface area contributed by atoms with E-state index in [1.807, 2.05) is 44.4 Å². The molecular formula is C53H75N5O9. The Morgan fingerprint density at radius 2 is 1.27 bits per heavy atom. The van der Waals surface area contributed by atoms with Gasteiger partial charge in [0.1, 0.15) is 6.04 Å². The van der Waals surface area contributed by atoms with Crippen molar-refractivity contribution in [3.8, 4) is 0 Å². The summed E-state index contributed by atoms with van der Waals surface area (Å²) in [5, 5.41) is 10.3. The number of fused-ring (bicyclic) bond motifs is 7. The number of anilines is 1. The number of imide groups is 2. The van der Waals surface area contributed by atoms with Gasteiger partial charge in [-0.25, -0.2) is 0 Å². The lowest BCUT2D eigenvalue weighted by atomic mass is 9.54. The third-order valence-electron chi connectivity index (χ3n) is 14.5. The molecule has 3 heterocycles. The number of rotatable bonds is 17. The van der Waals surface area contributed by atoms with Crippen molar-refractivity contribution in [2.45, 2.75) is 110 Å². The number of hydrogen-bond donors (Lipinski definition) is 3. The number of amides is 5. The van der Waals surface area contributed by atoms with Crippen molar-refractivity contribution in [2.24, 2.45) is 35.5 Å². The first kappa shape index (κ1) is 51.6. The number of carbonyl (C=O) groups is 5. The first-order valence-corrected chi connectivity index (χ1v) is 25.2. The Kier molecular flexibility index (Phi) is 21.0. The quantitative estimate of drug-likeness (QED) is 0.0885. The van der Waals surface area contributed by atoms with Crippen LogP contribution in [-0.4, -0.2) is 112 Å². The van der Waals surface area contributed by atoms with Crippen LogP contribution in [0.15, 0.2) is 60.9 Å². The van der Waals surface area contributed by atoms with E-state index in [9.17, 15) is 24.0 Å². The number of hydrogen-bond acceptors (Lipinski definition) is 11. The van der Waals surface area contributed by atoms with E-state index in [0.717, 1.165) is 16.7 Å². The maximum absolute atomic E-state index is 13.1. The first-order chi connectivity index (χ1) is 32.8. The van der Waals surface area contributed by atoms with Gasteiger partial charge >= 0.3 is 0 Å². The van der Waals surface area contributed by atoms with Gasteiger partial charge in [0.2, 0.25) is 17.7 Å². The molecule has 6 aliphatic rings. The highest BCUT2D eigenvalue weighted by molar-refractivity contribution is 6.25. The third kappa shape index (κ3) is 14.2. The molecule has 2 aromatic carbocycles. The molecule has 67 heavy (non-hydrogen) atoms. The van der Waals surface area contributed by atoms with Gasteiger partial charge in [0.15, 0.2) is 0 Å². The Morgan fingerprint density at radius 1 is 0.657 bits per heavy atom. The minimum atomic E-state index is -1.00. The first-order valence-electron chi connectivity index (χ1n) is 25.2. The van der Waals surface area contributed by atoms with Crippen LogP contribution < -0.4 is 16.0 Å². The van der Waals surface area contributed by atoms with E-state index >= 15 is 0 Å². The minimum Gasteiger partial charge on any atom is -0.382 e. The number of nitrogens with zero attached hydrogens (tertiary/aromatic N) is 2. The van der Waals surface area contributed by atoms with Gasteiger partial charge in [-0.2, -0.15) is 0 Å². The molecule has 0 spiro atoms. The maximum atomic E-state index is 13.1. The zero-order valence-corrected chi connectivity index (χ0v) is 40.1. The van der Waals surface area contributed by atoms with Gasteiger partial charge in [0, 0.05) is 44.5 Å².